The number of nitrogens with two attached hydrogens (primary N) is 1. The molecule has 0 aliphatic heterocycles. The van der Waals surface area contributed by atoms with E-state index in [-0.39, 0.29) is 17.3 Å². The molecule has 1 amide bonds. The van der Waals surface area contributed by atoms with Crippen LogP contribution in [0.4, 0.5) is 26.3 Å². The number of hydrogen-bond acceptors (Lipinski definition) is 3. The molecule has 0 aliphatic carbocycles. The summed E-state index contributed by atoms with van der Waals surface area (Å²) < 4.78 is 79.5. The number of carbonyl (C=O) groups excluding carboxylic acids is 1. The van der Waals surface area contributed by atoms with Crippen LogP contribution in [0.2, 0.25) is 0 Å². The first-order valence-corrected chi connectivity index (χ1v) is 7.59. The molecule has 0 fully saturated rings. The highest BCUT2D eigenvalue weighted by Gasteiger charge is 2.37. The number of primary amides is 1. The zero-order valence-electron chi connectivity index (χ0n) is 13.7. The molecule has 3 aromatic rings. The lowest BCUT2D eigenvalue weighted by Crippen LogP contribution is -2.14. The predicted molar refractivity (Wildman–Crippen MR) is 85.3 cm³/mol. The molecule has 1 aromatic heterocycles. The molecule has 146 valence electrons. The summed E-state index contributed by atoms with van der Waals surface area (Å²) in [5.41, 5.74) is 1.39. The van der Waals surface area contributed by atoms with Crippen LogP contribution in [0.25, 0.3) is 16.9 Å². The average molecular weight is 400 g/mol. The summed E-state index contributed by atoms with van der Waals surface area (Å²) in [5.74, 6) is -1.03. The van der Waals surface area contributed by atoms with Crippen LogP contribution in [0.1, 0.15) is 21.6 Å². The Kier molecular flexibility index (Phi) is 4.61. The first-order valence-electron chi connectivity index (χ1n) is 7.59. The molecule has 11 heteroatoms. The molecular formula is C17H10F6N4O. The maximum absolute atomic E-state index is 13.1. The Balaban J connectivity index is 2.31. The molecule has 0 spiro atoms. The van der Waals surface area contributed by atoms with Crippen LogP contribution < -0.4 is 5.73 Å². The van der Waals surface area contributed by atoms with E-state index < -0.39 is 40.8 Å². The Morgan fingerprint density at radius 1 is 0.893 bits per heavy atom. The van der Waals surface area contributed by atoms with Crippen molar-refractivity contribution in [2.75, 3.05) is 0 Å². The second-order valence-electron chi connectivity index (χ2n) is 5.69. The predicted octanol–water partition coefficient (Wildman–Crippen LogP) is 4.07. The first kappa shape index (κ1) is 19.4. The van der Waals surface area contributed by atoms with Crippen LogP contribution >= 0.6 is 0 Å². The van der Waals surface area contributed by atoms with E-state index in [0.717, 1.165) is 4.68 Å². The number of aromatic nitrogens is 3. The number of amides is 1. The third-order valence-corrected chi connectivity index (χ3v) is 3.77. The molecule has 0 bridgehead atoms. The van der Waals surface area contributed by atoms with Gasteiger partial charge in [-0.15, -0.1) is 5.10 Å². The van der Waals surface area contributed by atoms with Crippen LogP contribution in [0.15, 0.2) is 48.5 Å². The lowest BCUT2D eigenvalue weighted by molar-refractivity contribution is -0.143. The normalized spacial score (nSPS) is 12.2. The lowest BCUT2D eigenvalue weighted by Gasteiger charge is -2.15. The molecule has 5 nitrogen and oxygen atoms in total. The number of carbonyl (C=O) groups is 1. The average Bonchev–Trinajstić information content (AvgIpc) is 3.06. The van der Waals surface area contributed by atoms with E-state index in [1.165, 1.54) is 12.1 Å². The minimum atomic E-state index is -5.03. The van der Waals surface area contributed by atoms with Gasteiger partial charge in [0.15, 0.2) is 5.69 Å². The molecule has 0 saturated carbocycles. The van der Waals surface area contributed by atoms with Crippen LogP contribution in [0.3, 0.4) is 0 Å². The quantitative estimate of drug-likeness (QED) is 0.674. The van der Waals surface area contributed by atoms with Crippen molar-refractivity contribution in [3.05, 3.63) is 65.4 Å². The van der Waals surface area contributed by atoms with Crippen molar-refractivity contribution in [1.82, 2.24) is 15.0 Å². The van der Waals surface area contributed by atoms with Crippen molar-refractivity contribution in [3.8, 4) is 16.9 Å². The van der Waals surface area contributed by atoms with Crippen LogP contribution in [-0.2, 0) is 12.4 Å². The number of rotatable bonds is 3. The van der Waals surface area contributed by atoms with Gasteiger partial charge in [0.2, 0.25) is 0 Å². The monoisotopic (exact) mass is 400 g/mol. The molecule has 3 rings (SSSR count). The van der Waals surface area contributed by atoms with Gasteiger partial charge < -0.3 is 5.73 Å². The van der Waals surface area contributed by atoms with E-state index in [1.807, 2.05) is 0 Å². The number of alkyl halides is 6. The van der Waals surface area contributed by atoms with Crippen molar-refractivity contribution in [2.45, 2.75) is 12.4 Å². The molecule has 0 atom stereocenters. The Morgan fingerprint density at radius 3 is 1.89 bits per heavy atom. The summed E-state index contributed by atoms with van der Waals surface area (Å²) >= 11 is 0. The molecule has 2 aromatic carbocycles. The topological polar surface area (TPSA) is 73.8 Å². The van der Waals surface area contributed by atoms with Crippen LogP contribution in [-0.4, -0.2) is 20.9 Å². The van der Waals surface area contributed by atoms with Crippen LogP contribution in [0, 0.1) is 0 Å². The first-order chi connectivity index (χ1) is 13.0. The zero-order valence-corrected chi connectivity index (χ0v) is 13.7. The molecule has 0 unspecified atom stereocenters. The minimum absolute atomic E-state index is 0.00237. The lowest BCUT2D eigenvalue weighted by atomic mass is 10.1. The van der Waals surface area contributed by atoms with Gasteiger partial charge in [0.25, 0.3) is 5.91 Å². The largest absolute Gasteiger partial charge is 0.416 e. The van der Waals surface area contributed by atoms with Gasteiger partial charge in [-0.1, -0.05) is 35.5 Å². The Labute approximate surface area is 153 Å². The van der Waals surface area contributed by atoms with E-state index in [0.29, 0.717) is 12.1 Å². The van der Waals surface area contributed by atoms with Gasteiger partial charge in [0.05, 0.1) is 16.8 Å². The van der Waals surface area contributed by atoms with Gasteiger partial charge in [-0.05, 0) is 18.2 Å². The van der Waals surface area contributed by atoms with Gasteiger partial charge in [0.1, 0.15) is 5.69 Å². The summed E-state index contributed by atoms with van der Waals surface area (Å²) in [7, 11) is 0. The summed E-state index contributed by atoms with van der Waals surface area (Å²) in [6.45, 7) is 0. The third-order valence-electron chi connectivity index (χ3n) is 3.77. The smallest absolute Gasteiger partial charge is 0.364 e. The van der Waals surface area contributed by atoms with Crippen molar-refractivity contribution >= 4 is 5.91 Å². The van der Waals surface area contributed by atoms with Gasteiger partial charge in [0, 0.05) is 5.56 Å². The Hall–Kier alpha value is -3.37. The van der Waals surface area contributed by atoms with E-state index in [4.69, 9.17) is 5.73 Å². The second-order valence-corrected chi connectivity index (χ2v) is 5.69. The van der Waals surface area contributed by atoms with E-state index in [9.17, 15) is 31.1 Å². The minimum Gasteiger partial charge on any atom is -0.364 e. The van der Waals surface area contributed by atoms with Crippen LogP contribution in [0.5, 0.6) is 0 Å². The van der Waals surface area contributed by atoms with Gasteiger partial charge >= 0.3 is 12.4 Å². The van der Waals surface area contributed by atoms with E-state index in [2.05, 4.69) is 10.3 Å². The fraction of sp³-hybridized carbons (Fsp3) is 0.118. The molecule has 0 radical (unpaired) electrons. The summed E-state index contributed by atoms with van der Waals surface area (Å²) in [5, 5.41) is 7.09. The Bertz CT molecular complexity index is 992. The summed E-state index contributed by atoms with van der Waals surface area (Å²) in [6, 6.07) is 8.70. The Morgan fingerprint density at radius 2 is 1.43 bits per heavy atom. The third kappa shape index (κ3) is 3.68. The number of nitrogens with zero attached hydrogens (tertiary/aromatic N) is 3. The second kappa shape index (κ2) is 6.66. The van der Waals surface area contributed by atoms with Gasteiger partial charge in [-0.25, -0.2) is 4.68 Å². The van der Waals surface area contributed by atoms with Crippen molar-refractivity contribution < 1.29 is 31.1 Å². The number of halogens is 6. The van der Waals surface area contributed by atoms with E-state index >= 15 is 0 Å². The fourth-order valence-corrected chi connectivity index (χ4v) is 2.54. The number of hydrogen-bond donors (Lipinski definition) is 1. The van der Waals surface area contributed by atoms with Gasteiger partial charge in [-0.3, -0.25) is 4.79 Å². The van der Waals surface area contributed by atoms with Crippen molar-refractivity contribution in [1.29, 1.82) is 0 Å². The highest BCUT2D eigenvalue weighted by molar-refractivity contribution is 5.97. The maximum Gasteiger partial charge on any atom is 0.416 e. The highest BCUT2D eigenvalue weighted by Crippen LogP contribution is 2.38. The zero-order chi connectivity index (χ0) is 20.7. The summed E-state index contributed by atoms with van der Waals surface area (Å²) in [4.78, 5) is 11.6. The molecule has 28 heavy (non-hydrogen) atoms. The fourth-order valence-electron chi connectivity index (χ4n) is 2.54. The molecule has 0 saturated heterocycles. The van der Waals surface area contributed by atoms with Crippen molar-refractivity contribution in [2.24, 2.45) is 5.73 Å². The standard InChI is InChI=1S/C17H10F6N4O/c18-16(19,20)10-6-11(17(21,22)23)8-12(7-10)27-14(9-4-2-1-3-5-9)13(15(24)28)25-26-27/h1-8H,(H2,24,28). The van der Waals surface area contributed by atoms with Crippen molar-refractivity contribution in [3.63, 3.8) is 0 Å². The summed E-state index contributed by atoms with van der Waals surface area (Å²) in [6.07, 6.45) is -10.1. The number of benzene rings is 2. The molecular weight excluding hydrogens is 390 g/mol. The molecule has 1 heterocycles. The SMILES string of the molecule is NC(=O)c1nnn(-c2cc(C(F)(F)F)cc(C(F)(F)F)c2)c1-c1ccccc1. The van der Waals surface area contributed by atoms with E-state index in [1.54, 1.807) is 18.2 Å². The maximum atomic E-state index is 13.1. The highest BCUT2D eigenvalue weighted by atomic mass is 19.4. The molecule has 2 N–H and O–H groups in total. The molecule has 0 aliphatic rings. The van der Waals surface area contributed by atoms with Gasteiger partial charge in [-0.2, -0.15) is 26.3 Å².